The number of nitrogens with zero attached hydrogens (tertiary/aromatic N) is 1. The smallest absolute Gasteiger partial charge is 0.387 e. The van der Waals surface area contributed by atoms with E-state index in [0.717, 1.165) is 4.90 Å². The standard InChI is InChI=1S/C21H20F2N4O5/c1-12(28)24-14-5-7-15(8-6-14)25-17(29)11-27-18(30)21(2,26-20(27)31)13-3-9-16(10-4-13)32-19(22)23/h3-10,19H,11H2,1-2H3,(H,24,28)(H,25,29)(H,26,31). The number of anilines is 2. The molecule has 3 rings (SSSR count). The number of urea groups is 1. The number of amides is 5. The Morgan fingerprint density at radius 2 is 1.59 bits per heavy atom. The van der Waals surface area contributed by atoms with Crippen LogP contribution in [0.1, 0.15) is 19.4 Å². The van der Waals surface area contributed by atoms with E-state index in [1.165, 1.54) is 38.1 Å². The molecule has 0 bridgehead atoms. The summed E-state index contributed by atoms with van der Waals surface area (Å²) in [5.74, 6) is -1.60. The minimum Gasteiger partial charge on any atom is -0.435 e. The molecule has 1 heterocycles. The number of alkyl halides is 2. The molecule has 1 aliphatic heterocycles. The van der Waals surface area contributed by atoms with Crippen molar-refractivity contribution in [2.24, 2.45) is 0 Å². The Labute approximate surface area is 181 Å². The van der Waals surface area contributed by atoms with E-state index in [2.05, 4.69) is 20.7 Å². The fourth-order valence-corrected chi connectivity index (χ4v) is 3.19. The predicted octanol–water partition coefficient (Wildman–Crippen LogP) is 2.65. The lowest BCUT2D eigenvalue weighted by molar-refractivity contribution is -0.133. The van der Waals surface area contributed by atoms with Crippen molar-refractivity contribution in [1.29, 1.82) is 0 Å². The van der Waals surface area contributed by atoms with Gasteiger partial charge in [-0.1, -0.05) is 12.1 Å². The maximum atomic E-state index is 12.9. The lowest BCUT2D eigenvalue weighted by atomic mass is 9.92. The predicted molar refractivity (Wildman–Crippen MR) is 110 cm³/mol. The first-order valence-electron chi connectivity index (χ1n) is 9.45. The monoisotopic (exact) mass is 446 g/mol. The van der Waals surface area contributed by atoms with Gasteiger partial charge in [0.15, 0.2) is 0 Å². The number of ether oxygens (including phenoxy) is 1. The summed E-state index contributed by atoms with van der Waals surface area (Å²) >= 11 is 0. The zero-order valence-corrected chi connectivity index (χ0v) is 17.1. The van der Waals surface area contributed by atoms with E-state index < -0.39 is 36.5 Å². The van der Waals surface area contributed by atoms with Gasteiger partial charge in [0, 0.05) is 18.3 Å². The van der Waals surface area contributed by atoms with Crippen LogP contribution in [0.5, 0.6) is 5.75 Å². The Balaban J connectivity index is 1.66. The van der Waals surface area contributed by atoms with Gasteiger partial charge in [0.25, 0.3) is 5.91 Å². The van der Waals surface area contributed by atoms with Gasteiger partial charge in [0.1, 0.15) is 17.8 Å². The van der Waals surface area contributed by atoms with Crippen LogP contribution in [-0.2, 0) is 19.9 Å². The first-order chi connectivity index (χ1) is 15.1. The van der Waals surface area contributed by atoms with E-state index >= 15 is 0 Å². The van der Waals surface area contributed by atoms with Crippen molar-refractivity contribution in [3.05, 3.63) is 54.1 Å². The van der Waals surface area contributed by atoms with Crippen LogP contribution in [0, 0.1) is 0 Å². The Hall–Kier alpha value is -4.02. The molecule has 0 saturated carbocycles. The summed E-state index contributed by atoms with van der Waals surface area (Å²) in [6.45, 7) is -0.692. The maximum absolute atomic E-state index is 12.9. The summed E-state index contributed by atoms with van der Waals surface area (Å²) in [6, 6.07) is 10.8. The summed E-state index contributed by atoms with van der Waals surface area (Å²) in [5, 5.41) is 7.69. The third-order valence-corrected chi connectivity index (χ3v) is 4.72. The van der Waals surface area contributed by atoms with E-state index in [1.54, 1.807) is 24.3 Å². The molecule has 1 unspecified atom stereocenters. The lowest BCUT2D eigenvalue weighted by Crippen LogP contribution is -2.42. The highest BCUT2D eigenvalue weighted by Crippen LogP contribution is 2.30. The second-order valence-corrected chi connectivity index (χ2v) is 7.16. The van der Waals surface area contributed by atoms with Gasteiger partial charge in [-0.3, -0.25) is 19.3 Å². The van der Waals surface area contributed by atoms with Crippen LogP contribution in [0.15, 0.2) is 48.5 Å². The van der Waals surface area contributed by atoms with Gasteiger partial charge in [0.05, 0.1) is 0 Å². The van der Waals surface area contributed by atoms with Crippen LogP contribution in [0.4, 0.5) is 25.0 Å². The zero-order chi connectivity index (χ0) is 23.5. The highest BCUT2D eigenvalue weighted by atomic mass is 19.3. The number of rotatable bonds is 7. The van der Waals surface area contributed by atoms with E-state index in [4.69, 9.17) is 0 Å². The highest BCUT2D eigenvalue weighted by Gasteiger charge is 2.49. The maximum Gasteiger partial charge on any atom is 0.387 e. The largest absolute Gasteiger partial charge is 0.435 e. The van der Waals surface area contributed by atoms with Gasteiger partial charge >= 0.3 is 12.6 Å². The van der Waals surface area contributed by atoms with E-state index in [-0.39, 0.29) is 11.7 Å². The molecule has 11 heteroatoms. The molecule has 1 saturated heterocycles. The molecular formula is C21H20F2N4O5. The molecule has 168 valence electrons. The lowest BCUT2D eigenvalue weighted by Gasteiger charge is -2.22. The Kier molecular flexibility index (Phi) is 6.37. The van der Waals surface area contributed by atoms with Gasteiger partial charge < -0.3 is 20.7 Å². The number of benzene rings is 2. The van der Waals surface area contributed by atoms with Gasteiger partial charge in [-0.2, -0.15) is 8.78 Å². The molecule has 0 aromatic heterocycles. The fraction of sp³-hybridized carbons (Fsp3) is 0.238. The van der Waals surface area contributed by atoms with E-state index in [1.807, 2.05) is 0 Å². The molecule has 2 aromatic carbocycles. The molecule has 2 aromatic rings. The van der Waals surface area contributed by atoms with Gasteiger partial charge in [0.2, 0.25) is 11.8 Å². The third kappa shape index (κ3) is 4.99. The Morgan fingerprint density at radius 1 is 1.03 bits per heavy atom. The van der Waals surface area contributed by atoms with Crippen molar-refractivity contribution < 1.29 is 32.7 Å². The molecule has 1 atom stereocenters. The van der Waals surface area contributed by atoms with Crippen molar-refractivity contribution >= 4 is 35.1 Å². The fourth-order valence-electron chi connectivity index (χ4n) is 3.19. The van der Waals surface area contributed by atoms with Gasteiger partial charge in [-0.15, -0.1) is 0 Å². The number of carbonyl (C=O) groups is 4. The first-order valence-corrected chi connectivity index (χ1v) is 9.45. The van der Waals surface area contributed by atoms with Crippen LogP contribution >= 0.6 is 0 Å². The first kappa shape index (κ1) is 22.7. The Morgan fingerprint density at radius 3 is 2.12 bits per heavy atom. The molecule has 0 radical (unpaired) electrons. The molecule has 1 aliphatic rings. The average Bonchev–Trinajstić information content (AvgIpc) is 2.93. The van der Waals surface area contributed by atoms with Crippen molar-refractivity contribution in [3.63, 3.8) is 0 Å². The quantitative estimate of drug-likeness (QED) is 0.566. The van der Waals surface area contributed by atoms with Crippen molar-refractivity contribution in [1.82, 2.24) is 10.2 Å². The highest BCUT2D eigenvalue weighted by molar-refractivity contribution is 6.10. The molecule has 1 fully saturated rings. The number of hydrogen-bond acceptors (Lipinski definition) is 5. The van der Waals surface area contributed by atoms with E-state index in [9.17, 15) is 28.0 Å². The molecule has 0 spiro atoms. The second-order valence-electron chi connectivity index (χ2n) is 7.16. The summed E-state index contributed by atoms with van der Waals surface area (Å²) in [7, 11) is 0. The second kappa shape index (κ2) is 9.00. The minimum absolute atomic E-state index is 0.0927. The number of halogens is 2. The molecule has 3 N–H and O–H groups in total. The van der Waals surface area contributed by atoms with Crippen LogP contribution in [-0.4, -0.2) is 41.8 Å². The molecule has 0 aliphatic carbocycles. The van der Waals surface area contributed by atoms with E-state index in [0.29, 0.717) is 16.9 Å². The summed E-state index contributed by atoms with van der Waals surface area (Å²) in [6.07, 6.45) is 0. The zero-order valence-electron chi connectivity index (χ0n) is 17.1. The number of nitrogens with one attached hydrogen (secondary N) is 3. The van der Waals surface area contributed by atoms with Crippen molar-refractivity contribution in [2.45, 2.75) is 26.0 Å². The topological polar surface area (TPSA) is 117 Å². The number of hydrogen-bond donors (Lipinski definition) is 3. The summed E-state index contributed by atoms with van der Waals surface area (Å²) in [5.41, 5.74) is -0.173. The summed E-state index contributed by atoms with van der Waals surface area (Å²) < 4.78 is 28.9. The van der Waals surface area contributed by atoms with Crippen LogP contribution in [0.2, 0.25) is 0 Å². The molecular weight excluding hydrogens is 426 g/mol. The normalized spacial score (nSPS) is 17.8. The van der Waals surface area contributed by atoms with Crippen molar-refractivity contribution in [3.8, 4) is 5.75 Å². The number of carbonyl (C=O) groups excluding carboxylic acids is 4. The average molecular weight is 446 g/mol. The van der Waals surface area contributed by atoms with Gasteiger partial charge in [-0.25, -0.2) is 4.79 Å². The molecule has 32 heavy (non-hydrogen) atoms. The molecule has 5 amide bonds. The van der Waals surface area contributed by atoms with Gasteiger partial charge in [-0.05, 0) is 48.9 Å². The SMILES string of the molecule is CC(=O)Nc1ccc(NC(=O)CN2C(=O)NC(C)(c3ccc(OC(F)F)cc3)C2=O)cc1. The van der Waals surface area contributed by atoms with Crippen LogP contribution < -0.4 is 20.7 Å². The van der Waals surface area contributed by atoms with Crippen LogP contribution in [0.3, 0.4) is 0 Å². The third-order valence-electron chi connectivity index (χ3n) is 4.72. The Bertz CT molecular complexity index is 1040. The minimum atomic E-state index is -2.99. The number of imide groups is 1. The van der Waals surface area contributed by atoms with Crippen LogP contribution in [0.25, 0.3) is 0 Å². The van der Waals surface area contributed by atoms with Crippen molar-refractivity contribution in [2.75, 3.05) is 17.2 Å². The molecule has 9 nitrogen and oxygen atoms in total. The summed E-state index contributed by atoms with van der Waals surface area (Å²) in [4.78, 5) is 49.5.